The molecule has 5 saturated carbocycles. The second kappa shape index (κ2) is 16.5. The molecular weight excluding hydrogens is 809 g/mol. The van der Waals surface area contributed by atoms with Gasteiger partial charge in [-0.15, -0.1) is 0 Å². The molecule has 0 spiro atoms. The fourth-order valence-corrected chi connectivity index (χ4v) is 14.5. The number of hydrogen-bond donors (Lipinski definition) is 3. The van der Waals surface area contributed by atoms with Gasteiger partial charge in [0, 0.05) is 55.5 Å². The van der Waals surface area contributed by atoms with Gasteiger partial charge in [0.1, 0.15) is 19.5 Å². The van der Waals surface area contributed by atoms with E-state index < -0.39 is 17.7 Å². The Balaban J connectivity index is 0.914. The predicted octanol–water partition coefficient (Wildman–Crippen LogP) is 3.50. The predicted molar refractivity (Wildman–Crippen MR) is 228 cm³/mol. The van der Waals surface area contributed by atoms with Crippen molar-refractivity contribution in [1.82, 2.24) is 9.88 Å². The number of allylic oxidation sites excluding steroid dienone is 1. The molecule has 5 aliphatic heterocycles. The molecule has 0 bridgehead atoms. The Hall–Kier alpha value is -3.31. The highest BCUT2D eigenvalue weighted by Gasteiger charge is 2.62. The Morgan fingerprint density at radius 3 is 2.44 bits per heavy atom. The minimum absolute atomic E-state index is 0.00831. The second-order valence-corrected chi connectivity index (χ2v) is 20.4. The Labute approximate surface area is 368 Å². The molecule has 11 rings (SSSR count). The van der Waals surface area contributed by atoms with E-state index in [1.807, 2.05) is 6.07 Å². The van der Waals surface area contributed by atoms with Gasteiger partial charge in [0.2, 0.25) is 0 Å². The van der Waals surface area contributed by atoms with E-state index in [1.165, 1.54) is 0 Å². The topological polar surface area (TPSA) is 189 Å². The van der Waals surface area contributed by atoms with Crippen molar-refractivity contribution in [2.24, 2.45) is 51.4 Å². The zero-order chi connectivity index (χ0) is 43.3. The van der Waals surface area contributed by atoms with Crippen LogP contribution in [0.1, 0.15) is 107 Å². The highest BCUT2D eigenvalue weighted by Crippen LogP contribution is 2.57. The summed E-state index contributed by atoms with van der Waals surface area (Å²) in [4.78, 5) is 51.9. The first-order valence-corrected chi connectivity index (χ1v) is 24.0. The molecule has 6 heterocycles. The molecule has 1 aromatic heterocycles. The van der Waals surface area contributed by atoms with Crippen molar-refractivity contribution >= 4 is 23.9 Å². The summed E-state index contributed by atoms with van der Waals surface area (Å²) in [6, 6.07) is 2.02. The van der Waals surface area contributed by atoms with Gasteiger partial charge in [0.25, 0.3) is 5.56 Å². The first-order chi connectivity index (χ1) is 30.6. The van der Waals surface area contributed by atoms with Crippen LogP contribution in [0.25, 0.3) is 0 Å². The maximum absolute atomic E-state index is 14.1. The maximum Gasteiger partial charge on any atom is 0.343 e. The monoisotopic (exact) mass is 872 g/mol. The molecule has 2 saturated heterocycles. The molecule has 63 heavy (non-hydrogen) atoms. The third-order valence-corrected chi connectivity index (χ3v) is 17.7. The van der Waals surface area contributed by atoms with Crippen molar-refractivity contribution in [3.8, 4) is 0 Å². The van der Waals surface area contributed by atoms with Crippen LogP contribution in [0.15, 0.2) is 32.0 Å². The highest BCUT2D eigenvalue weighted by molar-refractivity contribution is 6.17. The standard InChI is InChI=1S/C48H64N4O11/c1-4-48(57)31-17-35-43-28(19-52(35)45(54)29(31)20-61-47(48)56)27(24-9-5-6-10-32(24)50-43)18-49-33-11-7-8-12-34(33)51-42-26-16-37-36(62-22-63-37)15-25(26)40(41-30(42)21-60-46(41)55)23-13-38(58-2)44(53)39(14-23)59-3/h17-18,23-26,30,32-34,36-42,44,51,53,57H,4-16,19-22H2,1-3H3/t23?,24?,25?,26?,30-,32?,33?,34?,36?,37?,38?,39?,40+,41-,42?,44?,48-/m0/s1. The number of aliphatic hydroxyl groups excluding tert-OH is 1. The molecule has 342 valence electrons. The molecule has 1 aromatic rings. The van der Waals surface area contributed by atoms with E-state index in [4.69, 9.17) is 38.4 Å². The van der Waals surface area contributed by atoms with Crippen LogP contribution in [0.3, 0.4) is 0 Å². The number of aliphatic imine (C=N–C) groups is 2. The zero-order valence-corrected chi connectivity index (χ0v) is 36.8. The van der Waals surface area contributed by atoms with E-state index in [0.29, 0.717) is 49.6 Å². The summed E-state index contributed by atoms with van der Waals surface area (Å²) in [5, 5.41) is 26.8. The number of esters is 2. The number of dihydropyridines is 1. The van der Waals surface area contributed by atoms with Gasteiger partial charge in [0.05, 0.1) is 72.5 Å². The number of nitrogens with zero attached hydrogens (tertiary/aromatic N) is 3. The zero-order valence-electron chi connectivity index (χ0n) is 36.8. The van der Waals surface area contributed by atoms with Crippen LogP contribution < -0.4 is 10.9 Å². The summed E-state index contributed by atoms with van der Waals surface area (Å²) in [7, 11) is 3.30. The van der Waals surface area contributed by atoms with Gasteiger partial charge < -0.3 is 48.5 Å². The lowest BCUT2D eigenvalue weighted by molar-refractivity contribution is -0.172. The van der Waals surface area contributed by atoms with E-state index in [9.17, 15) is 24.6 Å². The van der Waals surface area contributed by atoms with Crippen molar-refractivity contribution in [2.75, 3.05) is 27.6 Å². The van der Waals surface area contributed by atoms with Crippen LogP contribution in [-0.4, -0.2) is 121 Å². The van der Waals surface area contributed by atoms with Crippen molar-refractivity contribution < 1.29 is 48.2 Å². The lowest BCUT2D eigenvalue weighted by atomic mass is 9.51. The van der Waals surface area contributed by atoms with Gasteiger partial charge in [-0.1, -0.05) is 32.6 Å². The van der Waals surface area contributed by atoms with Gasteiger partial charge in [-0.05, 0) is 93.1 Å². The van der Waals surface area contributed by atoms with E-state index in [1.54, 1.807) is 25.7 Å². The molecule has 15 heteroatoms. The minimum atomic E-state index is -1.88. The average Bonchev–Trinajstić information content (AvgIpc) is 4.03. The number of hydrogen-bond acceptors (Lipinski definition) is 14. The number of aliphatic hydroxyl groups is 2. The summed E-state index contributed by atoms with van der Waals surface area (Å²) in [6.07, 6.45) is 12.0. The molecule has 15 atom stereocenters. The van der Waals surface area contributed by atoms with Crippen LogP contribution >= 0.6 is 0 Å². The van der Waals surface area contributed by atoms with E-state index in [2.05, 4.69) is 11.5 Å². The Morgan fingerprint density at radius 2 is 1.68 bits per heavy atom. The van der Waals surface area contributed by atoms with E-state index in [0.717, 1.165) is 81.1 Å². The largest absolute Gasteiger partial charge is 0.465 e. The fraction of sp³-hybridized carbons (Fsp3) is 0.771. The first-order valence-electron chi connectivity index (χ1n) is 24.0. The Bertz CT molecular complexity index is 2140. The number of aromatic nitrogens is 1. The molecule has 0 amide bonds. The van der Waals surface area contributed by atoms with Crippen molar-refractivity contribution in [1.29, 1.82) is 0 Å². The van der Waals surface area contributed by atoms with Crippen LogP contribution in [0.4, 0.5) is 0 Å². The number of methoxy groups -OCH3 is 2. The van der Waals surface area contributed by atoms with Crippen LogP contribution in [0.2, 0.25) is 0 Å². The highest BCUT2D eigenvalue weighted by atomic mass is 16.7. The summed E-state index contributed by atoms with van der Waals surface area (Å²) in [6.45, 7) is 2.61. The van der Waals surface area contributed by atoms with Crippen molar-refractivity contribution in [2.45, 2.75) is 164 Å². The van der Waals surface area contributed by atoms with Gasteiger partial charge in [-0.2, -0.15) is 0 Å². The maximum atomic E-state index is 14.1. The normalized spacial score (nSPS) is 44.1. The van der Waals surface area contributed by atoms with Crippen LogP contribution in [0.5, 0.6) is 0 Å². The lowest BCUT2D eigenvalue weighted by Crippen LogP contribution is -2.64. The smallest absolute Gasteiger partial charge is 0.343 e. The number of pyridine rings is 1. The SMILES string of the molecule is CC[C@@]1(O)C(=O)OCc2c1cc1n(c2=O)CC2=C(C=NC3CCCCC3NC3C4CC5OCOC5CC4[C@@H](C4CC(OC)C(O)C(OC)C4)[C@H]4C(=O)OC[C@H]34)C3CCCCC3N=C21. The molecule has 11 unspecified atom stereocenters. The molecule has 0 aromatic carbocycles. The number of carbonyl (C=O) groups excluding carboxylic acids is 2. The summed E-state index contributed by atoms with van der Waals surface area (Å²) in [5.41, 5.74) is 2.15. The van der Waals surface area contributed by atoms with Gasteiger partial charge in [0.15, 0.2) is 5.60 Å². The first kappa shape index (κ1) is 42.3. The van der Waals surface area contributed by atoms with Gasteiger partial charge in [-0.3, -0.25) is 19.6 Å². The number of ether oxygens (including phenoxy) is 6. The summed E-state index contributed by atoms with van der Waals surface area (Å²) < 4.78 is 37.2. The van der Waals surface area contributed by atoms with Crippen LogP contribution in [-0.2, 0) is 56.8 Å². The Kier molecular flexibility index (Phi) is 11.1. The molecule has 7 fully saturated rings. The van der Waals surface area contributed by atoms with Crippen molar-refractivity contribution in [3.63, 3.8) is 0 Å². The summed E-state index contributed by atoms with van der Waals surface area (Å²) in [5.74, 6) is -0.369. The molecule has 5 aliphatic carbocycles. The Morgan fingerprint density at radius 1 is 0.952 bits per heavy atom. The molecule has 15 nitrogen and oxygen atoms in total. The van der Waals surface area contributed by atoms with Gasteiger partial charge >= 0.3 is 11.9 Å². The minimum Gasteiger partial charge on any atom is -0.465 e. The van der Waals surface area contributed by atoms with E-state index >= 15 is 0 Å². The van der Waals surface area contributed by atoms with Gasteiger partial charge in [-0.25, -0.2) is 4.79 Å². The fourth-order valence-electron chi connectivity index (χ4n) is 14.5. The lowest BCUT2D eigenvalue weighted by Gasteiger charge is -2.56. The molecule has 0 radical (unpaired) electrons. The number of fused-ring (bicyclic) bond motifs is 8. The number of cyclic esters (lactones) is 2. The quantitative estimate of drug-likeness (QED) is 0.255. The third-order valence-electron chi connectivity index (χ3n) is 17.7. The summed E-state index contributed by atoms with van der Waals surface area (Å²) >= 11 is 0. The van der Waals surface area contributed by atoms with Crippen LogP contribution in [0, 0.1) is 41.4 Å². The number of rotatable bonds is 8. The molecule has 10 aliphatic rings. The third kappa shape index (κ3) is 6.79. The second-order valence-electron chi connectivity index (χ2n) is 20.4. The number of nitrogens with one attached hydrogen (secondary N) is 1. The van der Waals surface area contributed by atoms with E-state index in [-0.39, 0.29) is 115 Å². The molecular formula is C48H64N4O11. The molecule has 3 N–H and O–H groups in total. The number of carbonyl (C=O) groups is 2. The average molecular weight is 873 g/mol. The van der Waals surface area contributed by atoms with Crippen molar-refractivity contribution in [3.05, 3.63) is 44.4 Å².